The van der Waals surface area contributed by atoms with E-state index in [-0.39, 0.29) is 18.4 Å². The van der Waals surface area contributed by atoms with Crippen molar-refractivity contribution in [3.63, 3.8) is 0 Å². The Morgan fingerprint density at radius 3 is 2.78 bits per heavy atom. The van der Waals surface area contributed by atoms with E-state index in [1.165, 1.54) is 12.1 Å². The second-order valence-corrected chi connectivity index (χ2v) is 5.88. The smallest absolute Gasteiger partial charge is 0.251 e. The van der Waals surface area contributed by atoms with Gasteiger partial charge in [0.15, 0.2) is 0 Å². The van der Waals surface area contributed by atoms with E-state index in [1.54, 1.807) is 6.07 Å². The normalized spacial score (nSPS) is 23.2. The number of hydrogen-bond donors (Lipinski definition) is 1. The van der Waals surface area contributed by atoms with Crippen molar-refractivity contribution < 1.29 is 13.2 Å². The molecule has 1 heterocycles. The molecule has 2 atom stereocenters. The fourth-order valence-corrected chi connectivity index (χ4v) is 2.78. The first-order chi connectivity index (χ1) is 11.0. The highest BCUT2D eigenvalue weighted by molar-refractivity contribution is 5.74. The molecule has 1 aliphatic heterocycles. The van der Waals surface area contributed by atoms with Crippen LogP contribution in [0.4, 0.5) is 13.2 Å². The van der Waals surface area contributed by atoms with Crippen LogP contribution in [-0.2, 0) is 0 Å². The van der Waals surface area contributed by atoms with Crippen molar-refractivity contribution in [2.45, 2.75) is 24.9 Å². The Balaban J connectivity index is 1.66. The zero-order chi connectivity index (χ0) is 16.4. The van der Waals surface area contributed by atoms with Gasteiger partial charge < -0.3 is 4.90 Å². The summed E-state index contributed by atoms with van der Waals surface area (Å²) in [5.41, 5.74) is 4.49. The van der Waals surface area contributed by atoms with E-state index >= 15 is 0 Å². The van der Waals surface area contributed by atoms with Crippen LogP contribution >= 0.6 is 0 Å². The fraction of sp³-hybridized carbons (Fsp3) is 0.353. The van der Waals surface area contributed by atoms with Crippen molar-refractivity contribution in [1.82, 2.24) is 10.3 Å². The molecule has 1 saturated carbocycles. The second-order valence-electron chi connectivity index (χ2n) is 5.88. The summed E-state index contributed by atoms with van der Waals surface area (Å²) in [6, 6.07) is 6.36. The molecule has 122 valence electrons. The SMILES string of the molecule is C=NNC(CC1CC1(F)F)N1C=CC(c2cccc(F)c2)=CC1. The maximum absolute atomic E-state index is 13.3. The van der Waals surface area contributed by atoms with Gasteiger partial charge in [-0.1, -0.05) is 18.2 Å². The van der Waals surface area contributed by atoms with Crippen LogP contribution in [0, 0.1) is 11.7 Å². The molecule has 3 rings (SSSR count). The standard InChI is InChI=1S/C17H18F3N3/c1-21-22-16(10-14-11-17(14,19)20)23-7-5-12(6-8-23)13-3-2-4-15(18)9-13/h2-7,9,14,16,22H,1,8,10-11H2. The third kappa shape index (κ3) is 3.57. The van der Waals surface area contributed by atoms with Crippen LogP contribution in [0.2, 0.25) is 0 Å². The third-order valence-electron chi connectivity index (χ3n) is 4.23. The van der Waals surface area contributed by atoms with E-state index in [0.29, 0.717) is 13.0 Å². The molecule has 1 N–H and O–H groups in total. The summed E-state index contributed by atoms with van der Waals surface area (Å²) in [7, 11) is 0. The van der Waals surface area contributed by atoms with E-state index in [1.807, 2.05) is 29.3 Å². The highest BCUT2D eigenvalue weighted by Gasteiger charge is 2.57. The van der Waals surface area contributed by atoms with Crippen molar-refractivity contribution in [1.29, 1.82) is 0 Å². The van der Waals surface area contributed by atoms with Gasteiger partial charge in [-0.15, -0.1) is 0 Å². The van der Waals surface area contributed by atoms with Crippen LogP contribution in [0.3, 0.4) is 0 Å². The molecular weight excluding hydrogens is 303 g/mol. The number of nitrogens with zero attached hydrogens (tertiary/aromatic N) is 2. The summed E-state index contributed by atoms with van der Waals surface area (Å²) in [5, 5.41) is 3.64. The van der Waals surface area contributed by atoms with E-state index in [0.717, 1.165) is 11.1 Å². The molecule has 1 aliphatic carbocycles. The Bertz CT molecular complexity index is 654. The number of allylic oxidation sites excluding steroid dienone is 2. The Morgan fingerprint density at radius 2 is 2.22 bits per heavy atom. The van der Waals surface area contributed by atoms with Crippen molar-refractivity contribution in [2.24, 2.45) is 11.0 Å². The number of hydrogen-bond acceptors (Lipinski definition) is 3. The van der Waals surface area contributed by atoms with Crippen molar-refractivity contribution >= 4 is 12.3 Å². The molecule has 1 aromatic rings. The number of alkyl halides is 2. The quantitative estimate of drug-likeness (QED) is 0.640. The first-order valence-electron chi connectivity index (χ1n) is 7.49. The lowest BCUT2D eigenvalue weighted by Gasteiger charge is -2.31. The summed E-state index contributed by atoms with van der Waals surface area (Å²) in [6.07, 6.45) is 5.53. The lowest BCUT2D eigenvalue weighted by molar-refractivity contribution is 0.0872. The van der Waals surface area contributed by atoms with Gasteiger partial charge in [-0.05, 0) is 35.8 Å². The first-order valence-corrected chi connectivity index (χ1v) is 7.49. The molecule has 0 saturated heterocycles. The maximum Gasteiger partial charge on any atom is 0.251 e. The summed E-state index contributed by atoms with van der Waals surface area (Å²) < 4.78 is 39.5. The molecule has 2 unspecified atom stereocenters. The highest BCUT2D eigenvalue weighted by Crippen LogP contribution is 2.51. The number of hydrazone groups is 1. The number of halogens is 3. The zero-order valence-electron chi connectivity index (χ0n) is 12.6. The third-order valence-corrected chi connectivity index (χ3v) is 4.23. The van der Waals surface area contributed by atoms with E-state index in [9.17, 15) is 13.2 Å². The first kappa shape index (κ1) is 15.6. The Hall–Kier alpha value is -2.24. The monoisotopic (exact) mass is 321 g/mol. The average molecular weight is 321 g/mol. The highest BCUT2D eigenvalue weighted by atomic mass is 19.3. The summed E-state index contributed by atoms with van der Waals surface area (Å²) in [6.45, 7) is 3.91. The van der Waals surface area contributed by atoms with Gasteiger partial charge in [-0.3, -0.25) is 5.43 Å². The minimum atomic E-state index is -2.55. The van der Waals surface area contributed by atoms with Gasteiger partial charge in [-0.2, -0.15) is 5.10 Å². The predicted molar refractivity (Wildman–Crippen MR) is 84.4 cm³/mol. The number of nitrogens with one attached hydrogen (secondary N) is 1. The van der Waals surface area contributed by atoms with Crippen molar-refractivity contribution in [2.75, 3.05) is 6.54 Å². The van der Waals surface area contributed by atoms with Crippen LogP contribution in [0.15, 0.2) is 47.7 Å². The minimum absolute atomic E-state index is 0.0652. The molecule has 1 aromatic carbocycles. The molecule has 1 fully saturated rings. The van der Waals surface area contributed by atoms with E-state index in [4.69, 9.17) is 0 Å². The van der Waals surface area contributed by atoms with Gasteiger partial charge in [0, 0.05) is 31.8 Å². The molecule has 6 heteroatoms. The van der Waals surface area contributed by atoms with Crippen LogP contribution in [0.25, 0.3) is 5.57 Å². The van der Waals surface area contributed by atoms with E-state index < -0.39 is 11.8 Å². The molecule has 0 radical (unpaired) electrons. The van der Waals surface area contributed by atoms with Crippen LogP contribution < -0.4 is 5.43 Å². The molecule has 23 heavy (non-hydrogen) atoms. The lowest BCUT2D eigenvalue weighted by atomic mass is 10.0. The number of benzene rings is 1. The van der Waals surface area contributed by atoms with Crippen LogP contribution in [-0.4, -0.2) is 30.3 Å². The van der Waals surface area contributed by atoms with Crippen molar-refractivity contribution in [3.8, 4) is 0 Å². The molecule has 0 spiro atoms. The maximum atomic E-state index is 13.3. The van der Waals surface area contributed by atoms with Gasteiger partial charge in [0.05, 0.1) is 0 Å². The fourth-order valence-electron chi connectivity index (χ4n) is 2.78. The molecular formula is C17H18F3N3. The summed E-state index contributed by atoms with van der Waals surface area (Å²) in [5.74, 6) is -3.45. The molecule has 0 aromatic heterocycles. The Labute approximate surface area is 133 Å². The topological polar surface area (TPSA) is 27.6 Å². The summed E-state index contributed by atoms with van der Waals surface area (Å²) in [4.78, 5) is 1.89. The van der Waals surface area contributed by atoms with Gasteiger partial charge in [-0.25, -0.2) is 13.2 Å². The van der Waals surface area contributed by atoms with Crippen molar-refractivity contribution in [3.05, 3.63) is 54.0 Å². The van der Waals surface area contributed by atoms with Gasteiger partial charge in [0.25, 0.3) is 5.92 Å². The predicted octanol–water partition coefficient (Wildman–Crippen LogP) is 3.62. The lowest BCUT2D eigenvalue weighted by Crippen LogP contribution is -2.42. The number of rotatable bonds is 6. The second kappa shape index (κ2) is 6.10. The molecule has 0 bridgehead atoms. The summed E-state index contributed by atoms with van der Waals surface area (Å²) >= 11 is 0. The van der Waals surface area contributed by atoms with E-state index in [2.05, 4.69) is 17.2 Å². The Morgan fingerprint density at radius 1 is 1.43 bits per heavy atom. The zero-order valence-corrected chi connectivity index (χ0v) is 12.6. The van der Waals surface area contributed by atoms with Gasteiger partial charge in [0.2, 0.25) is 0 Å². The van der Waals surface area contributed by atoms with Crippen LogP contribution in [0.1, 0.15) is 18.4 Å². The van der Waals surface area contributed by atoms with Gasteiger partial charge >= 0.3 is 0 Å². The largest absolute Gasteiger partial charge is 0.353 e. The Kier molecular flexibility index (Phi) is 4.15. The average Bonchev–Trinajstić information content (AvgIpc) is 3.14. The minimum Gasteiger partial charge on any atom is -0.353 e. The molecule has 2 aliphatic rings. The van der Waals surface area contributed by atoms with Crippen LogP contribution in [0.5, 0.6) is 0 Å². The molecule has 0 amide bonds. The molecule has 3 nitrogen and oxygen atoms in total. The van der Waals surface area contributed by atoms with Gasteiger partial charge in [0.1, 0.15) is 12.0 Å².